The molecule has 0 aliphatic rings. The van der Waals surface area contributed by atoms with Crippen LogP contribution >= 0.6 is 43.2 Å². The average Bonchev–Trinajstić information content (AvgIpc) is 2.89. The van der Waals surface area contributed by atoms with Crippen LogP contribution in [0.25, 0.3) is 10.1 Å². The standard InChI is InChI=1S/C15H11Br2NOS/c16-12-5-9(6-13(17)15(12)19)8-18-11-1-2-14-10(7-11)3-4-20-14/h1-7,18-19H,8H2. The second-order valence-corrected chi connectivity index (χ2v) is 7.09. The zero-order chi connectivity index (χ0) is 14.1. The largest absolute Gasteiger partial charge is 0.506 e. The van der Waals surface area contributed by atoms with E-state index in [2.05, 4.69) is 66.8 Å². The van der Waals surface area contributed by atoms with Crippen molar-refractivity contribution in [1.29, 1.82) is 0 Å². The Bertz CT molecular complexity index is 746. The van der Waals surface area contributed by atoms with E-state index in [0.717, 1.165) is 11.3 Å². The molecular formula is C15H11Br2NOS. The molecule has 1 aromatic heterocycles. The van der Waals surface area contributed by atoms with Gasteiger partial charge in [-0.15, -0.1) is 11.3 Å². The Morgan fingerprint density at radius 1 is 1.05 bits per heavy atom. The second-order valence-electron chi connectivity index (χ2n) is 4.43. The quantitative estimate of drug-likeness (QED) is 0.574. The Labute approximate surface area is 137 Å². The Balaban J connectivity index is 1.78. The number of phenolic OH excluding ortho intramolecular Hbond substituents is 1. The molecule has 2 nitrogen and oxygen atoms in total. The van der Waals surface area contributed by atoms with E-state index in [1.165, 1.54) is 10.1 Å². The number of phenols is 1. The highest BCUT2D eigenvalue weighted by Gasteiger charge is 2.06. The lowest BCUT2D eigenvalue weighted by molar-refractivity contribution is 0.468. The number of aromatic hydroxyl groups is 1. The molecule has 3 aromatic rings. The maximum absolute atomic E-state index is 9.70. The topological polar surface area (TPSA) is 32.3 Å². The minimum atomic E-state index is 0.230. The van der Waals surface area contributed by atoms with Gasteiger partial charge in [-0.3, -0.25) is 0 Å². The van der Waals surface area contributed by atoms with Gasteiger partial charge < -0.3 is 10.4 Å². The van der Waals surface area contributed by atoms with Crippen LogP contribution in [-0.2, 0) is 6.54 Å². The number of halogens is 2. The van der Waals surface area contributed by atoms with E-state index in [0.29, 0.717) is 15.5 Å². The lowest BCUT2D eigenvalue weighted by atomic mass is 10.2. The molecule has 0 bridgehead atoms. The summed E-state index contributed by atoms with van der Waals surface area (Å²) in [4.78, 5) is 0. The predicted molar refractivity (Wildman–Crippen MR) is 92.7 cm³/mol. The number of thiophene rings is 1. The number of rotatable bonds is 3. The van der Waals surface area contributed by atoms with Crippen LogP contribution in [0, 0.1) is 0 Å². The Morgan fingerprint density at radius 2 is 1.80 bits per heavy atom. The fourth-order valence-electron chi connectivity index (χ4n) is 2.00. The number of fused-ring (bicyclic) bond motifs is 1. The molecule has 0 saturated heterocycles. The third-order valence-corrected chi connectivity index (χ3v) is 5.13. The van der Waals surface area contributed by atoms with Crippen LogP contribution in [0.4, 0.5) is 5.69 Å². The zero-order valence-corrected chi connectivity index (χ0v) is 14.3. The fraction of sp³-hybridized carbons (Fsp3) is 0.0667. The average molecular weight is 413 g/mol. The molecule has 0 aliphatic heterocycles. The first kappa shape index (κ1) is 13.9. The number of hydrogen-bond acceptors (Lipinski definition) is 3. The van der Waals surface area contributed by atoms with Crippen molar-refractivity contribution in [3.63, 3.8) is 0 Å². The molecule has 3 rings (SSSR count). The summed E-state index contributed by atoms with van der Waals surface area (Å²) in [7, 11) is 0. The van der Waals surface area contributed by atoms with Gasteiger partial charge in [-0.05, 0) is 84.6 Å². The number of anilines is 1. The second kappa shape index (κ2) is 5.76. The van der Waals surface area contributed by atoms with Crippen LogP contribution in [0.5, 0.6) is 5.75 Å². The van der Waals surface area contributed by atoms with E-state index in [1.807, 2.05) is 12.1 Å². The molecule has 102 valence electrons. The molecule has 1 heterocycles. The van der Waals surface area contributed by atoms with Gasteiger partial charge in [0.25, 0.3) is 0 Å². The minimum Gasteiger partial charge on any atom is -0.506 e. The van der Waals surface area contributed by atoms with Crippen LogP contribution < -0.4 is 5.32 Å². The minimum absolute atomic E-state index is 0.230. The van der Waals surface area contributed by atoms with Gasteiger partial charge in [0.2, 0.25) is 0 Å². The van der Waals surface area contributed by atoms with Crippen molar-refractivity contribution in [1.82, 2.24) is 0 Å². The zero-order valence-electron chi connectivity index (χ0n) is 10.4. The molecule has 0 atom stereocenters. The summed E-state index contributed by atoms with van der Waals surface area (Å²) >= 11 is 8.44. The van der Waals surface area contributed by atoms with Crippen LogP contribution in [0.2, 0.25) is 0 Å². The predicted octanol–water partition coefficient (Wildman–Crippen LogP) is 5.74. The van der Waals surface area contributed by atoms with Crippen molar-refractivity contribution >= 4 is 59.0 Å². The highest BCUT2D eigenvalue weighted by atomic mass is 79.9. The van der Waals surface area contributed by atoms with Crippen molar-refractivity contribution in [2.75, 3.05) is 5.32 Å². The highest BCUT2D eigenvalue weighted by molar-refractivity contribution is 9.11. The van der Waals surface area contributed by atoms with E-state index >= 15 is 0 Å². The van der Waals surface area contributed by atoms with E-state index in [-0.39, 0.29) is 5.75 Å². The molecule has 2 N–H and O–H groups in total. The summed E-state index contributed by atoms with van der Waals surface area (Å²) in [6.45, 7) is 0.702. The van der Waals surface area contributed by atoms with Crippen LogP contribution in [0.3, 0.4) is 0 Å². The van der Waals surface area contributed by atoms with Crippen molar-refractivity contribution in [3.8, 4) is 5.75 Å². The Morgan fingerprint density at radius 3 is 2.55 bits per heavy atom. The number of hydrogen-bond donors (Lipinski definition) is 2. The van der Waals surface area contributed by atoms with E-state index in [1.54, 1.807) is 11.3 Å². The maximum Gasteiger partial charge on any atom is 0.143 e. The van der Waals surface area contributed by atoms with Gasteiger partial charge >= 0.3 is 0 Å². The first-order valence-electron chi connectivity index (χ1n) is 6.01. The normalized spacial score (nSPS) is 10.9. The third kappa shape index (κ3) is 2.85. The van der Waals surface area contributed by atoms with Gasteiger partial charge in [0.15, 0.2) is 0 Å². The molecule has 0 saturated carbocycles. The Hall–Kier alpha value is -1.04. The summed E-state index contributed by atoms with van der Waals surface area (Å²) in [5, 5.41) is 16.5. The van der Waals surface area contributed by atoms with Gasteiger partial charge in [-0.1, -0.05) is 0 Å². The molecule has 0 aliphatic carbocycles. The van der Waals surface area contributed by atoms with Crippen LogP contribution in [0.1, 0.15) is 5.56 Å². The number of nitrogens with one attached hydrogen (secondary N) is 1. The molecular weight excluding hydrogens is 402 g/mol. The number of benzene rings is 2. The third-order valence-electron chi connectivity index (χ3n) is 3.03. The van der Waals surface area contributed by atoms with E-state index in [9.17, 15) is 5.11 Å². The van der Waals surface area contributed by atoms with Crippen molar-refractivity contribution in [2.24, 2.45) is 0 Å². The van der Waals surface area contributed by atoms with E-state index in [4.69, 9.17) is 0 Å². The first-order chi connectivity index (χ1) is 9.63. The monoisotopic (exact) mass is 411 g/mol. The summed E-state index contributed by atoms with van der Waals surface area (Å²) in [5.41, 5.74) is 2.18. The Kier molecular flexibility index (Phi) is 4.01. The molecule has 0 amide bonds. The SMILES string of the molecule is Oc1c(Br)cc(CNc2ccc3sccc3c2)cc1Br. The highest BCUT2D eigenvalue weighted by Crippen LogP contribution is 2.33. The fourth-order valence-corrected chi connectivity index (χ4v) is 4.05. The van der Waals surface area contributed by atoms with Gasteiger partial charge in [0.05, 0.1) is 8.95 Å². The molecule has 0 radical (unpaired) electrons. The van der Waals surface area contributed by atoms with E-state index < -0.39 is 0 Å². The van der Waals surface area contributed by atoms with Gasteiger partial charge in [-0.25, -0.2) is 0 Å². The smallest absolute Gasteiger partial charge is 0.143 e. The van der Waals surface area contributed by atoms with Crippen molar-refractivity contribution in [3.05, 3.63) is 56.3 Å². The molecule has 2 aromatic carbocycles. The molecule has 0 fully saturated rings. The summed E-state index contributed by atoms with van der Waals surface area (Å²) in [6.07, 6.45) is 0. The van der Waals surface area contributed by atoms with Crippen molar-refractivity contribution in [2.45, 2.75) is 6.54 Å². The first-order valence-corrected chi connectivity index (χ1v) is 8.48. The molecule has 0 spiro atoms. The van der Waals surface area contributed by atoms with Gasteiger partial charge in [0, 0.05) is 16.9 Å². The van der Waals surface area contributed by atoms with Gasteiger partial charge in [-0.2, -0.15) is 0 Å². The lowest BCUT2D eigenvalue weighted by Gasteiger charge is -2.09. The summed E-state index contributed by atoms with van der Waals surface area (Å²) < 4.78 is 2.68. The molecule has 20 heavy (non-hydrogen) atoms. The van der Waals surface area contributed by atoms with Crippen LogP contribution in [0.15, 0.2) is 50.7 Å². The summed E-state index contributed by atoms with van der Waals surface area (Å²) in [6, 6.07) is 12.3. The summed E-state index contributed by atoms with van der Waals surface area (Å²) in [5.74, 6) is 0.230. The molecule has 5 heteroatoms. The van der Waals surface area contributed by atoms with Crippen LogP contribution in [-0.4, -0.2) is 5.11 Å². The molecule has 0 unspecified atom stereocenters. The van der Waals surface area contributed by atoms with Crippen molar-refractivity contribution < 1.29 is 5.11 Å². The van der Waals surface area contributed by atoms with Gasteiger partial charge in [0.1, 0.15) is 5.75 Å². The lowest BCUT2D eigenvalue weighted by Crippen LogP contribution is -1.99. The maximum atomic E-state index is 9.70.